The van der Waals surface area contributed by atoms with E-state index in [4.69, 9.17) is 0 Å². The van der Waals surface area contributed by atoms with Crippen molar-refractivity contribution < 1.29 is 0 Å². The molecular formula is C15H18BrN. The van der Waals surface area contributed by atoms with Crippen molar-refractivity contribution in [2.45, 2.75) is 39.7 Å². The van der Waals surface area contributed by atoms with E-state index in [2.05, 4.69) is 52.5 Å². The number of hydrogen-bond donors (Lipinski definition) is 0. The highest BCUT2D eigenvalue weighted by Gasteiger charge is 2.20. The maximum Gasteiger partial charge on any atom is 0.0486 e. The van der Waals surface area contributed by atoms with E-state index in [1.54, 1.807) is 0 Å². The van der Waals surface area contributed by atoms with Crippen LogP contribution in [0.25, 0.3) is 10.9 Å². The van der Waals surface area contributed by atoms with Gasteiger partial charge in [0.25, 0.3) is 0 Å². The van der Waals surface area contributed by atoms with Crippen LogP contribution in [0.3, 0.4) is 0 Å². The lowest BCUT2D eigenvalue weighted by Crippen LogP contribution is -2.18. The molecule has 1 aromatic carbocycles. The largest absolute Gasteiger partial charge is 0.344 e. The molecule has 0 N–H and O–H groups in total. The Labute approximate surface area is 111 Å². The first-order chi connectivity index (χ1) is 8.16. The Bertz CT molecular complexity index is 564. The van der Waals surface area contributed by atoms with E-state index < -0.39 is 0 Å². The molecule has 0 atom stereocenters. The third kappa shape index (κ3) is 1.83. The summed E-state index contributed by atoms with van der Waals surface area (Å²) in [7, 11) is 0. The van der Waals surface area contributed by atoms with Crippen molar-refractivity contribution in [3.8, 4) is 0 Å². The van der Waals surface area contributed by atoms with Gasteiger partial charge in [0.15, 0.2) is 0 Å². The molecule has 0 amide bonds. The van der Waals surface area contributed by atoms with Crippen LogP contribution in [-0.4, -0.2) is 4.57 Å². The Morgan fingerprint density at radius 3 is 2.71 bits per heavy atom. The van der Waals surface area contributed by atoms with Crippen molar-refractivity contribution in [2.24, 2.45) is 5.92 Å². The van der Waals surface area contributed by atoms with E-state index in [0.29, 0.717) is 0 Å². The second kappa shape index (κ2) is 4.16. The fourth-order valence-electron chi connectivity index (χ4n) is 2.79. The predicted molar refractivity (Wildman–Crippen MR) is 76.5 cm³/mol. The molecule has 17 heavy (non-hydrogen) atoms. The van der Waals surface area contributed by atoms with Crippen molar-refractivity contribution in [3.05, 3.63) is 33.9 Å². The smallest absolute Gasteiger partial charge is 0.0486 e. The lowest BCUT2D eigenvalue weighted by Gasteiger charge is -2.26. The minimum absolute atomic E-state index is 0.910. The topological polar surface area (TPSA) is 4.93 Å². The van der Waals surface area contributed by atoms with Gasteiger partial charge >= 0.3 is 0 Å². The number of aromatic nitrogens is 1. The molecule has 1 nitrogen and oxygen atoms in total. The van der Waals surface area contributed by atoms with Crippen molar-refractivity contribution in [2.75, 3.05) is 0 Å². The van der Waals surface area contributed by atoms with Crippen LogP contribution >= 0.6 is 15.9 Å². The normalized spacial score (nSPS) is 16.4. The summed E-state index contributed by atoms with van der Waals surface area (Å²) in [5.41, 5.74) is 4.26. The van der Waals surface area contributed by atoms with Gasteiger partial charge in [-0.05, 0) is 56.4 Å². The molecule has 0 spiro atoms. The number of halogens is 1. The molecule has 3 rings (SSSR count). The Hall–Kier alpha value is -0.760. The zero-order valence-corrected chi connectivity index (χ0v) is 12.0. The number of rotatable bonds is 2. The Kier molecular flexibility index (Phi) is 2.78. The third-order valence-electron chi connectivity index (χ3n) is 4.27. The number of hydrogen-bond acceptors (Lipinski definition) is 0. The highest BCUT2D eigenvalue weighted by molar-refractivity contribution is 9.10. The van der Waals surface area contributed by atoms with Gasteiger partial charge < -0.3 is 4.57 Å². The van der Waals surface area contributed by atoms with E-state index in [0.717, 1.165) is 5.92 Å². The maximum atomic E-state index is 3.57. The molecule has 2 heteroatoms. The summed E-state index contributed by atoms with van der Waals surface area (Å²) in [6, 6.07) is 6.64. The van der Waals surface area contributed by atoms with Crippen LogP contribution in [0.2, 0.25) is 0 Å². The third-order valence-corrected chi connectivity index (χ3v) is 4.76. The first-order valence-corrected chi connectivity index (χ1v) is 7.21. The van der Waals surface area contributed by atoms with Gasteiger partial charge in [0.05, 0.1) is 0 Å². The van der Waals surface area contributed by atoms with Crippen molar-refractivity contribution in [1.29, 1.82) is 0 Å². The van der Waals surface area contributed by atoms with Gasteiger partial charge in [0.2, 0.25) is 0 Å². The molecule has 1 saturated carbocycles. The second-order valence-electron chi connectivity index (χ2n) is 5.28. The van der Waals surface area contributed by atoms with Gasteiger partial charge in [-0.3, -0.25) is 0 Å². The summed E-state index contributed by atoms with van der Waals surface area (Å²) in [4.78, 5) is 0. The van der Waals surface area contributed by atoms with E-state index in [9.17, 15) is 0 Å². The molecular weight excluding hydrogens is 274 g/mol. The van der Waals surface area contributed by atoms with Gasteiger partial charge in [-0.2, -0.15) is 0 Å². The average molecular weight is 292 g/mol. The molecule has 1 aliphatic carbocycles. The molecule has 0 aliphatic heterocycles. The van der Waals surface area contributed by atoms with E-state index in [1.807, 2.05) is 0 Å². The Morgan fingerprint density at radius 1 is 1.29 bits per heavy atom. The summed E-state index contributed by atoms with van der Waals surface area (Å²) in [5, 5.41) is 1.40. The average Bonchev–Trinajstić information content (AvgIpc) is 2.48. The quantitative estimate of drug-likeness (QED) is 0.747. The molecule has 0 saturated heterocycles. The van der Waals surface area contributed by atoms with Gasteiger partial charge in [-0.1, -0.05) is 22.4 Å². The van der Waals surface area contributed by atoms with E-state index >= 15 is 0 Å². The predicted octanol–water partition coefficient (Wildman–Crippen LogP) is 4.82. The standard InChI is InChI=1S/C15H18BrN/c1-10-11(2)17(9-12-4-3-5-12)15-7-6-13(16)8-14(10)15/h6-8,12H,3-5,9H2,1-2H3. The number of benzene rings is 1. The van der Waals surface area contributed by atoms with Crippen molar-refractivity contribution >= 4 is 26.8 Å². The molecule has 1 aromatic heterocycles. The highest BCUT2D eigenvalue weighted by Crippen LogP contribution is 2.33. The number of nitrogens with zero attached hydrogens (tertiary/aromatic N) is 1. The van der Waals surface area contributed by atoms with Crippen LogP contribution in [0.5, 0.6) is 0 Å². The summed E-state index contributed by atoms with van der Waals surface area (Å²) in [5.74, 6) is 0.910. The number of aryl methyl sites for hydroxylation is 1. The van der Waals surface area contributed by atoms with Crippen LogP contribution < -0.4 is 0 Å². The summed E-state index contributed by atoms with van der Waals surface area (Å²) in [6.07, 6.45) is 4.25. The molecule has 0 radical (unpaired) electrons. The number of fused-ring (bicyclic) bond motifs is 1. The Morgan fingerprint density at radius 2 is 2.06 bits per heavy atom. The van der Waals surface area contributed by atoms with Crippen LogP contribution in [0, 0.1) is 19.8 Å². The van der Waals surface area contributed by atoms with E-state index in [1.165, 1.54) is 52.4 Å². The first kappa shape index (κ1) is 11.3. The van der Waals surface area contributed by atoms with Crippen LogP contribution in [0.15, 0.2) is 22.7 Å². The SMILES string of the molecule is Cc1c(C)n(CC2CCC2)c2ccc(Br)cc12. The molecule has 0 bridgehead atoms. The summed E-state index contributed by atoms with van der Waals surface area (Å²) >= 11 is 3.57. The second-order valence-corrected chi connectivity index (χ2v) is 6.20. The van der Waals surface area contributed by atoms with Crippen LogP contribution in [0.4, 0.5) is 0 Å². The first-order valence-electron chi connectivity index (χ1n) is 6.42. The van der Waals surface area contributed by atoms with Crippen LogP contribution in [-0.2, 0) is 6.54 Å². The summed E-state index contributed by atoms with van der Waals surface area (Å²) < 4.78 is 3.69. The van der Waals surface area contributed by atoms with E-state index in [-0.39, 0.29) is 0 Å². The molecule has 1 aliphatic rings. The zero-order chi connectivity index (χ0) is 12.0. The van der Waals surface area contributed by atoms with Crippen molar-refractivity contribution in [1.82, 2.24) is 4.57 Å². The van der Waals surface area contributed by atoms with Gasteiger partial charge in [-0.15, -0.1) is 0 Å². The van der Waals surface area contributed by atoms with Gasteiger partial charge in [0, 0.05) is 27.6 Å². The summed E-state index contributed by atoms with van der Waals surface area (Å²) in [6.45, 7) is 5.70. The van der Waals surface area contributed by atoms with Gasteiger partial charge in [-0.25, -0.2) is 0 Å². The molecule has 90 valence electrons. The lowest BCUT2D eigenvalue weighted by atomic mass is 9.85. The van der Waals surface area contributed by atoms with Crippen LogP contribution in [0.1, 0.15) is 30.5 Å². The minimum atomic E-state index is 0.910. The maximum absolute atomic E-state index is 3.57. The molecule has 2 aromatic rings. The van der Waals surface area contributed by atoms with Gasteiger partial charge in [0.1, 0.15) is 0 Å². The molecule has 1 fully saturated rings. The molecule has 1 heterocycles. The molecule has 0 unspecified atom stereocenters. The monoisotopic (exact) mass is 291 g/mol. The lowest BCUT2D eigenvalue weighted by molar-refractivity contribution is 0.278. The fourth-order valence-corrected chi connectivity index (χ4v) is 3.15. The highest BCUT2D eigenvalue weighted by atomic mass is 79.9. The minimum Gasteiger partial charge on any atom is -0.344 e. The zero-order valence-electron chi connectivity index (χ0n) is 10.5. The Balaban J connectivity index is 2.12. The fraction of sp³-hybridized carbons (Fsp3) is 0.467. The van der Waals surface area contributed by atoms with Crippen molar-refractivity contribution in [3.63, 3.8) is 0 Å².